The van der Waals surface area contributed by atoms with Crippen LogP contribution in [0.25, 0.3) is 120 Å². The summed E-state index contributed by atoms with van der Waals surface area (Å²) in [6, 6.07) is 69.2. The Morgan fingerprint density at radius 2 is 1.02 bits per heavy atom. The highest BCUT2D eigenvalue weighted by Gasteiger charge is 2.21. The van der Waals surface area contributed by atoms with E-state index in [-0.39, 0.29) is 0 Å². The van der Waals surface area contributed by atoms with Crippen LogP contribution in [0.2, 0.25) is 0 Å². The zero-order chi connectivity index (χ0) is 38.2. The molecule has 0 radical (unpaired) electrons. The van der Waals surface area contributed by atoms with Gasteiger partial charge in [0.15, 0.2) is 5.82 Å². The molecular weight excluding hydrogens is 725 g/mol. The molecule has 9 aromatic carbocycles. The smallest absolute Gasteiger partial charge is 0.160 e. The van der Waals surface area contributed by atoms with E-state index >= 15 is 0 Å². The van der Waals surface area contributed by atoms with Gasteiger partial charge in [-0.05, 0) is 91.8 Å². The topological polar surface area (TPSA) is 38.9 Å². The number of rotatable bonds is 5. The minimum atomic E-state index is 0.683. The molecule has 270 valence electrons. The maximum Gasteiger partial charge on any atom is 0.160 e. The summed E-state index contributed by atoms with van der Waals surface area (Å²) >= 11 is 1.76. The Kier molecular flexibility index (Phi) is 7.40. The predicted molar refractivity (Wildman–Crippen MR) is 244 cm³/mol. The molecule has 0 unspecified atom stereocenters. The van der Waals surface area contributed by atoms with Crippen LogP contribution >= 0.6 is 11.3 Å². The lowest BCUT2D eigenvalue weighted by atomic mass is 9.95. The highest BCUT2D eigenvalue weighted by atomic mass is 32.1. The van der Waals surface area contributed by atoms with E-state index in [0.717, 1.165) is 76.4 Å². The van der Waals surface area contributed by atoms with Gasteiger partial charge in [-0.2, -0.15) is 0 Å². The standard InChI is InChI=1S/C54H32N2OS/c1-2-11-33(12-3-1)38-17-10-18-42(28-38)50-53-51(44-19-8-9-20-49(44)58-53)56-54(55-50)43-30-45(52-47(31-43)46-29-39-15-6-7-16-40(39)32-48(46)57-52)36-24-21-35(22-25-36)41-26-23-34-13-4-5-14-37(34)27-41/h1-32H. The van der Waals surface area contributed by atoms with Gasteiger partial charge >= 0.3 is 0 Å². The molecule has 3 aromatic heterocycles. The number of aromatic nitrogens is 2. The highest BCUT2D eigenvalue weighted by Crippen LogP contribution is 2.44. The van der Waals surface area contributed by atoms with E-state index in [2.05, 4.69) is 194 Å². The Hall–Kier alpha value is -7.40. The number of benzene rings is 9. The molecule has 0 aliphatic rings. The van der Waals surface area contributed by atoms with Gasteiger partial charge in [-0.25, -0.2) is 9.97 Å². The van der Waals surface area contributed by atoms with Crippen LogP contribution in [0.3, 0.4) is 0 Å². The lowest BCUT2D eigenvalue weighted by molar-refractivity contribution is 0.670. The fourth-order valence-electron chi connectivity index (χ4n) is 8.51. The van der Waals surface area contributed by atoms with Gasteiger partial charge in [-0.1, -0.05) is 152 Å². The average Bonchev–Trinajstić information content (AvgIpc) is 3.85. The Balaban J connectivity index is 1.09. The van der Waals surface area contributed by atoms with Crippen molar-refractivity contribution >= 4 is 75.1 Å². The van der Waals surface area contributed by atoms with Gasteiger partial charge in [-0.15, -0.1) is 11.3 Å². The van der Waals surface area contributed by atoms with Crippen molar-refractivity contribution in [3.8, 4) is 56.0 Å². The van der Waals surface area contributed by atoms with Gasteiger partial charge in [0.25, 0.3) is 0 Å². The number of furan rings is 1. The minimum absolute atomic E-state index is 0.683. The summed E-state index contributed by atoms with van der Waals surface area (Å²) in [4.78, 5) is 10.9. The van der Waals surface area contributed by atoms with Crippen LogP contribution in [0.4, 0.5) is 0 Å². The third-order valence-corrected chi connectivity index (χ3v) is 12.6. The van der Waals surface area contributed by atoms with E-state index < -0.39 is 0 Å². The van der Waals surface area contributed by atoms with Crippen LogP contribution in [0.1, 0.15) is 0 Å². The summed E-state index contributed by atoms with van der Waals surface area (Å²) in [5, 5.41) is 8.04. The summed E-state index contributed by atoms with van der Waals surface area (Å²) in [5.41, 5.74) is 12.4. The monoisotopic (exact) mass is 756 g/mol. The van der Waals surface area contributed by atoms with Gasteiger partial charge in [0.1, 0.15) is 11.2 Å². The molecule has 0 saturated carbocycles. The molecule has 0 N–H and O–H groups in total. The molecule has 0 amide bonds. The van der Waals surface area contributed by atoms with Crippen molar-refractivity contribution in [1.29, 1.82) is 0 Å². The van der Waals surface area contributed by atoms with Crippen molar-refractivity contribution in [1.82, 2.24) is 9.97 Å². The molecule has 0 aliphatic carbocycles. The zero-order valence-electron chi connectivity index (χ0n) is 31.2. The summed E-state index contributed by atoms with van der Waals surface area (Å²) in [6.45, 7) is 0. The van der Waals surface area contributed by atoms with Gasteiger partial charge in [0, 0.05) is 37.5 Å². The highest BCUT2D eigenvalue weighted by molar-refractivity contribution is 7.26. The molecule has 12 rings (SSSR count). The first-order valence-corrected chi connectivity index (χ1v) is 20.4. The van der Waals surface area contributed by atoms with E-state index in [1.807, 2.05) is 0 Å². The van der Waals surface area contributed by atoms with E-state index in [1.165, 1.54) is 37.5 Å². The van der Waals surface area contributed by atoms with Crippen molar-refractivity contribution in [3.05, 3.63) is 194 Å². The second-order valence-electron chi connectivity index (χ2n) is 15.0. The molecule has 0 bridgehead atoms. The van der Waals surface area contributed by atoms with Crippen LogP contribution in [0.15, 0.2) is 199 Å². The van der Waals surface area contributed by atoms with Crippen LogP contribution < -0.4 is 0 Å². The van der Waals surface area contributed by atoms with Crippen molar-refractivity contribution in [2.24, 2.45) is 0 Å². The quantitative estimate of drug-likeness (QED) is 0.176. The maximum absolute atomic E-state index is 6.82. The Morgan fingerprint density at radius 3 is 1.86 bits per heavy atom. The Bertz CT molecular complexity index is 3560. The second-order valence-corrected chi connectivity index (χ2v) is 16.0. The van der Waals surface area contributed by atoms with Crippen molar-refractivity contribution in [2.75, 3.05) is 0 Å². The Morgan fingerprint density at radius 1 is 0.379 bits per heavy atom. The molecule has 0 fully saturated rings. The summed E-state index contributed by atoms with van der Waals surface area (Å²) in [7, 11) is 0. The van der Waals surface area contributed by atoms with Gasteiger partial charge in [0.05, 0.1) is 15.9 Å². The Labute approximate surface area is 338 Å². The van der Waals surface area contributed by atoms with Crippen LogP contribution in [-0.2, 0) is 0 Å². The predicted octanol–water partition coefficient (Wildman–Crippen LogP) is 15.4. The molecule has 0 saturated heterocycles. The molecule has 0 aliphatic heterocycles. The lowest BCUT2D eigenvalue weighted by Crippen LogP contribution is -1.95. The number of nitrogens with zero attached hydrogens (tertiary/aromatic N) is 2. The molecular formula is C54H32N2OS. The first-order valence-electron chi connectivity index (χ1n) is 19.5. The number of hydrogen-bond donors (Lipinski definition) is 0. The summed E-state index contributed by atoms with van der Waals surface area (Å²) < 4.78 is 9.10. The molecule has 3 heterocycles. The van der Waals surface area contributed by atoms with Crippen molar-refractivity contribution < 1.29 is 4.42 Å². The van der Waals surface area contributed by atoms with Crippen molar-refractivity contribution in [3.63, 3.8) is 0 Å². The van der Waals surface area contributed by atoms with Gasteiger partial charge < -0.3 is 4.42 Å². The van der Waals surface area contributed by atoms with E-state index in [4.69, 9.17) is 14.4 Å². The number of hydrogen-bond acceptors (Lipinski definition) is 4. The molecule has 0 spiro atoms. The van der Waals surface area contributed by atoms with E-state index in [9.17, 15) is 0 Å². The van der Waals surface area contributed by atoms with E-state index in [0.29, 0.717) is 5.82 Å². The second kappa shape index (κ2) is 13.1. The summed E-state index contributed by atoms with van der Waals surface area (Å²) in [6.07, 6.45) is 0. The van der Waals surface area contributed by atoms with Crippen LogP contribution in [0, 0.1) is 0 Å². The first kappa shape index (κ1) is 32.8. The van der Waals surface area contributed by atoms with Crippen LogP contribution in [0.5, 0.6) is 0 Å². The van der Waals surface area contributed by atoms with Crippen LogP contribution in [-0.4, -0.2) is 9.97 Å². The lowest BCUT2D eigenvalue weighted by Gasteiger charge is -2.11. The molecule has 12 aromatic rings. The number of fused-ring (bicyclic) bond motifs is 8. The van der Waals surface area contributed by atoms with E-state index in [1.54, 1.807) is 11.3 Å². The largest absolute Gasteiger partial charge is 0.455 e. The maximum atomic E-state index is 6.82. The van der Waals surface area contributed by atoms with Crippen molar-refractivity contribution in [2.45, 2.75) is 0 Å². The minimum Gasteiger partial charge on any atom is -0.455 e. The SMILES string of the molecule is c1ccc(-c2cccc(-c3nc(-c4cc(-c5ccc(-c6ccc7ccccc7c6)cc5)c5oc6cc7ccccc7cc6c5c4)nc4c3sc3ccccc34)c2)cc1. The van der Waals surface area contributed by atoms with Gasteiger partial charge in [0.2, 0.25) is 0 Å². The third kappa shape index (κ3) is 5.42. The fraction of sp³-hybridized carbons (Fsp3) is 0. The molecule has 4 heteroatoms. The molecule has 3 nitrogen and oxygen atoms in total. The summed E-state index contributed by atoms with van der Waals surface area (Å²) in [5.74, 6) is 0.683. The third-order valence-electron chi connectivity index (χ3n) is 11.4. The number of thiophene rings is 1. The first-order chi connectivity index (χ1) is 28.7. The fourth-order valence-corrected chi connectivity index (χ4v) is 9.66. The zero-order valence-corrected chi connectivity index (χ0v) is 32.0. The molecule has 0 atom stereocenters. The average molecular weight is 757 g/mol. The normalized spacial score (nSPS) is 11.8. The molecule has 58 heavy (non-hydrogen) atoms. The van der Waals surface area contributed by atoms with Gasteiger partial charge in [-0.3, -0.25) is 0 Å².